The van der Waals surface area contributed by atoms with Crippen molar-refractivity contribution in [1.82, 2.24) is 10.3 Å². The van der Waals surface area contributed by atoms with Gasteiger partial charge in [-0.05, 0) is 12.1 Å². The normalized spacial score (nSPS) is 10.2. The van der Waals surface area contributed by atoms with Crippen LogP contribution in [-0.4, -0.2) is 42.4 Å². The summed E-state index contributed by atoms with van der Waals surface area (Å²) < 4.78 is 5.02. The number of ether oxygens (including phenoxy) is 1. The first kappa shape index (κ1) is 13.6. The lowest BCUT2D eigenvalue weighted by molar-refractivity contribution is 0.0838. The molecule has 0 saturated heterocycles. The summed E-state index contributed by atoms with van der Waals surface area (Å²) in [6, 6.07) is 3.28. The zero-order valence-electron chi connectivity index (χ0n) is 9.56. The predicted octanol–water partition coefficient (Wildman–Crippen LogP) is -0.721. The summed E-state index contributed by atoms with van der Waals surface area (Å²) in [5.41, 5.74) is 6.64. The Morgan fingerprint density at radius 1 is 1.53 bits per heavy atom. The summed E-state index contributed by atoms with van der Waals surface area (Å²) in [6.45, 7) is 1.35. The van der Waals surface area contributed by atoms with E-state index in [-0.39, 0.29) is 19.1 Å². The first-order chi connectivity index (χ1) is 8.27. The van der Waals surface area contributed by atoms with Gasteiger partial charge in [0.05, 0.1) is 25.5 Å². The molecule has 1 amide bonds. The van der Waals surface area contributed by atoms with Crippen LogP contribution in [0.15, 0.2) is 18.3 Å². The largest absolute Gasteiger partial charge is 0.394 e. The fourth-order valence-corrected chi connectivity index (χ4v) is 1.24. The van der Waals surface area contributed by atoms with Crippen LogP contribution in [0.4, 0.5) is 0 Å². The summed E-state index contributed by atoms with van der Waals surface area (Å²) in [6.07, 6.45) is 1.55. The number of pyridine rings is 1. The van der Waals surface area contributed by atoms with Gasteiger partial charge in [0.15, 0.2) is 0 Å². The van der Waals surface area contributed by atoms with Gasteiger partial charge in [-0.15, -0.1) is 0 Å². The van der Waals surface area contributed by atoms with Gasteiger partial charge in [0.1, 0.15) is 0 Å². The van der Waals surface area contributed by atoms with Gasteiger partial charge in [-0.1, -0.05) is 0 Å². The molecule has 0 saturated carbocycles. The molecule has 1 heterocycles. The lowest BCUT2D eigenvalue weighted by atomic mass is 10.2. The fourth-order valence-electron chi connectivity index (χ4n) is 1.24. The van der Waals surface area contributed by atoms with E-state index in [1.165, 1.54) is 0 Å². The van der Waals surface area contributed by atoms with Crippen LogP contribution in [0, 0.1) is 0 Å². The van der Waals surface area contributed by atoms with Crippen LogP contribution in [0.2, 0.25) is 0 Å². The Kier molecular flexibility index (Phi) is 6.16. The molecule has 94 valence electrons. The molecule has 0 aliphatic rings. The van der Waals surface area contributed by atoms with E-state index < -0.39 is 0 Å². The second kappa shape index (κ2) is 7.72. The van der Waals surface area contributed by atoms with Gasteiger partial charge in [0.25, 0.3) is 5.91 Å². The van der Waals surface area contributed by atoms with Crippen molar-refractivity contribution in [3.63, 3.8) is 0 Å². The number of nitrogens with one attached hydrogen (secondary N) is 1. The van der Waals surface area contributed by atoms with Crippen molar-refractivity contribution in [3.05, 3.63) is 29.6 Å². The molecular formula is C11H17N3O3. The number of aliphatic hydroxyl groups is 1. The maximum absolute atomic E-state index is 11.7. The Bertz CT molecular complexity index is 358. The molecule has 4 N–H and O–H groups in total. The van der Waals surface area contributed by atoms with Crippen LogP contribution in [0.5, 0.6) is 0 Å². The number of nitrogens with zero attached hydrogens (tertiary/aromatic N) is 1. The van der Waals surface area contributed by atoms with E-state index in [0.717, 1.165) is 0 Å². The minimum atomic E-state index is -0.185. The first-order valence-electron chi connectivity index (χ1n) is 5.39. The molecule has 0 radical (unpaired) electrons. The molecule has 0 aromatic carbocycles. The maximum Gasteiger partial charge on any atom is 0.251 e. The summed E-state index contributed by atoms with van der Waals surface area (Å²) in [5, 5.41) is 11.2. The second-order valence-electron chi connectivity index (χ2n) is 3.33. The molecule has 17 heavy (non-hydrogen) atoms. The number of aromatic nitrogens is 1. The van der Waals surface area contributed by atoms with E-state index in [0.29, 0.717) is 31.0 Å². The predicted molar refractivity (Wildman–Crippen MR) is 62.4 cm³/mol. The Balaban J connectivity index is 2.36. The third-order valence-corrected chi connectivity index (χ3v) is 2.06. The Morgan fingerprint density at radius 2 is 2.35 bits per heavy atom. The van der Waals surface area contributed by atoms with Crippen LogP contribution in [0.1, 0.15) is 16.1 Å². The summed E-state index contributed by atoms with van der Waals surface area (Å²) in [5.74, 6) is -0.185. The van der Waals surface area contributed by atoms with Gasteiger partial charge in [-0.3, -0.25) is 9.78 Å². The lowest BCUT2D eigenvalue weighted by Crippen LogP contribution is -2.27. The smallest absolute Gasteiger partial charge is 0.251 e. The highest BCUT2D eigenvalue weighted by atomic mass is 16.5. The van der Waals surface area contributed by atoms with Crippen molar-refractivity contribution in [2.24, 2.45) is 5.73 Å². The standard InChI is InChI=1S/C11H17N3O3/c12-8-10-7-9(1-2-13-10)11(16)14-3-5-17-6-4-15/h1-2,7,15H,3-6,8,12H2,(H,14,16). The van der Waals surface area contributed by atoms with Gasteiger partial charge in [-0.25, -0.2) is 0 Å². The molecular weight excluding hydrogens is 222 g/mol. The van der Waals surface area contributed by atoms with Gasteiger partial charge < -0.3 is 20.9 Å². The Labute approximate surface area is 99.8 Å². The van der Waals surface area contributed by atoms with Gasteiger partial charge >= 0.3 is 0 Å². The van der Waals surface area contributed by atoms with E-state index >= 15 is 0 Å². The topological polar surface area (TPSA) is 97.5 Å². The first-order valence-corrected chi connectivity index (χ1v) is 5.39. The molecule has 6 heteroatoms. The summed E-state index contributed by atoms with van der Waals surface area (Å²) in [7, 11) is 0. The van der Waals surface area contributed by atoms with E-state index in [9.17, 15) is 4.79 Å². The third-order valence-electron chi connectivity index (χ3n) is 2.06. The van der Waals surface area contributed by atoms with Crippen molar-refractivity contribution >= 4 is 5.91 Å². The molecule has 0 unspecified atom stereocenters. The minimum absolute atomic E-state index is 0.0157. The molecule has 0 aliphatic heterocycles. The number of hydrogen-bond donors (Lipinski definition) is 3. The monoisotopic (exact) mass is 239 g/mol. The molecule has 0 aliphatic carbocycles. The zero-order chi connectivity index (χ0) is 12.5. The van der Waals surface area contributed by atoms with E-state index in [4.69, 9.17) is 15.6 Å². The minimum Gasteiger partial charge on any atom is -0.394 e. The van der Waals surface area contributed by atoms with Crippen molar-refractivity contribution in [1.29, 1.82) is 0 Å². The molecule has 0 fully saturated rings. The van der Waals surface area contributed by atoms with Crippen molar-refractivity contribution in [2.45, 2.75) is 6.54 Å². The molecule has 1 aromatic rings. The molecule has 0 atom stereocenters. The highest BCUT2D eigenvalue weighted by Gasteiger charge is 2.05. The second-order valence-corrected chi connectivity index (χ2v) is 3.33. The number of carbonyl (C=O) groups excluding carboxylic acids is 1. The average Bonchev–Trinajstić information content (AvgIpc) is 2.38. The van der Waals surface area contributed by atoms with Gasteiger partial charge in [0.2, 0.25) is 0 Å². The summed E-state index contributed by atoms with van der Waals surface area (Å²) in [4.78, 5) is 15.7. The maximum atomic E-state index is 11.7. The van der Waals surface area contributed by atoms with Gasteiger partial charge in [-0.2, -0.15) is 0 Å². The van der Waals surface area contributed by atoms with Crippen LogP contribution in [0.3, 0.4) is 0 Å². The van der Waals surface area contributed by atoms with Crippen LogP contribution in [0.25, 0.3) is 0 Å². The average molecular weight is 239 g/mol. The van der Waals surface area contributed by atoms with E-state index in [1.54, 1.807) is 18.3 Å². The number of aliphatic hydroxyl groups excluding tert-OH is 1. The van der Waals surface area contributed by atoms with Crippen molar-refractivity contribution in [2.75, 3.05) is 26.4 Å². The highest BCUT2D eigenvalue weighted by molar-refractivity contribution is 5.94. The van der Waals surface area contributed by atoms with E-state index in [2.05, 4.69) is 10.3 Å². The number of amides is 1. The Morgan fingerprint density at radius 3 is 3.06 bits per heavy atom. The highest BCUT2D eigenvalue weighted by Crippen LogP contribution is 2.00. The molecule has 1 aromatic heterocycles. The van der Waals surface area contributed by atoms with Crippen LogP contribution >= 0.6 is 0 Å². The lowest BCUT2D eigenvalue weighted by Gasteiger charge is -2.06. The molecule has 0 spiro atoms. The SMILES string of the molecule is NCc1cc(C(=O)NCCOCCO)ccn1. The number of hydrogen-bond acceptors (Lipinski definition) is 5. The quantitative estimate of drug-likeness (QED) is 0.545. The van der Waals surface area contributed by atoms with Crippen LogP contribution in [-0.2, 0) is 11.3 Å². The third kappa shape index (κ3) is 4.90. The zero-order valence-corrected chi connectivity index (χ0v) is 9.56. The van der Waals surface area contributed by atoms with Crippen molar-refractivity contribution < 1.29 is 14.6 Å². The number of carbonyl (C=O) groups is 1. The van der Waals surface area contributed by atoms with Crippen LogP contribution < -0.4 is 11.1 Å². The fraction of sp³-hybridized carbons (Fsp3) is 0.455. The number of rotatable bonds is 7. The molecule has 0 bridgehead atoms. The Hall–Kier alpha value is -1.50. The summed E-state index contributed by atoms with van der Waals surface area (Å²) >= 11 is 0. The number of nitrogens with two attached hydrogens (primary N) is 1. The van der Waals surface area contributed by atoms with Crippen molar-refractivity contribution in [3.8, 4) is 0 Å². The van der Waals surface area contributed by atoms with Gasteiger partial charge in [0, 0.05) is 24.8 Å². The van der Waals surface area contributed by atoms with E-state index in [1.807, 2.05) is 0 Å². The molecule has 1 rings (SSSR count). The molecule has 6 nitrogen and oxygen atoms in total.